The van der Waals surface area contributed by atoms with Crippen molar-refractivity contribution in [2.45, 2.75) is 19.3 Å². The van der Waals surface area contributed by atoms with Gasteiger partial charge in [-0.2, -0.15) is 0 Å². The Hall–Kier alpha value is -1.75. The standard InChI is InChI=1S/C14H19NO4/c1-18-11-5-4-10(8-12(11)19-2)15-13(17)14(9-16)6-3-7-14/h4-5,8,16H,3,6-7,9H2,1-2H3,(H,15,17). The molecule has 5 heteroatoms. The molecule has 0 bridgehead atoms. The Balaban J connectivity index is 2.13. The summed E-state index contributed by atoms with van der Waals surface area (Å²) in [6.07, 6.45) is 2.46. The first-order valence-electron chi connectivity index (χ1n) is 6.29. The monoisotopic (exact) mass is 265 g/mol. The van der Waals surface area contributed by atoms with Gasteiger partial charge in [-0.25, -0.2) is 0 Å². The third-order valence-corrected chi connectivity index (χ3v) is 3.74. The first-order chi connectivity index (χ1) is 9.15. The van der Waals surface area contributed by atoms with Gasteiger partial charge in [0.05, 0.1) is 26.2 Å². The van der Waals surface area contributed by atoms with Crippen molar-refractivity contribution >= 4 is 11.6 Å². The molecule has 1 amide bonds. The topological polar surface area (TPSA) is 67.8 Å². The van der Waals surface area contributed by atoms with Crippen LogP contribution in [0, 0.1) is 5.41 Å². The number of benzene rings is 1. The summed E-state index contributed by atoms with van der Waals surface area (Å²) in [5.74, 6) is 1.04. The summed E-state index contributed by atoms with van der Waals surface area (Å²) in [7, 11) is 3.11. The maximum Gasteiger partial charge on any atom is 0.232 e. The molecule has 1 aromatic rings. The van der Waals surface area contributed by atoms with Crippen molar-refractivity contribution in [3.63, 3.8) is 0 Å². The predicted molar refractivity (Wildman–Crippen MR) is 71.5 cm³/mol. The van der Waals surface area contributed by atoms with Crippen LogP contribution >= 0.6 is 0 Å². The Morgan fingerprint density at radius 1 is 1.32 bits per heavy atom. The van der Waals surface area contributed by atoms with E-state index in [9.17, 15) is 9.90 Å². The van der Waals surface area contributed by atoms with E-state index in [0.29, 0.717) is 17.2 Å². The van der Waals surface area contributed by atoms with Crippen LogP contribution in [0.3, 0.4) is 0 Å². The molecule has 0 saturated heterocycles. The maximum atomic E-state index is 12.2. The highest BCUT2D eigenvalue weighted by molar-refractivity contribution is 5.96. The van der Waals surface area contributed by atoms with Gasteiger partial charge in [-0.3, -0.25) is 4.79 Å². The van der Waals surface area contributed by atoms with E-state index in [0.717, 1.165) is 19.3 Å². The fourth-order valence-corrected chi connectivity index (χ4v) is 2.24. The van der Waals surface area contributed by atoms with Crippen LogP contribution in [-0.4, -0.2) is 31.8 Å². The lowest BCUT2D eigenvalue weighted by atomic mass is 9.68. The highest BCUT2D eigenvalue weighted by Crippen LogP contribution is 2.41. The highest BCUT2D eigenvalue weighted by atomic mass is 16.5. The molecule has 5 nitrogen and oxygen atoms in total. The van der Waals surface area contributed by atoms with Crippen LogP contribution < -0.4 is 14.8 Å². The fraction of sp³-hybridized carbons (Fsp3) is 0.500. The molecule has 2 N–H and O–H groups in total. The smallest absolute Gasteiger partial charge is 0.232 e. The van der Waals surface area contributed by atoms with Gasteiger partial charge in [-0.05, 0) is 25.0 Å². The van der Waals surface area contributed by atoms with Crippen molar-refractivity contribution in [3.05, 3.63) is 18.2 Å². The minimum atomic E-state index is -0.604. The molecule has 0 heterocycles. The quantitative estimate of drug-likeness (QED) is 0.852. The number of carbonyl (C=O) groups is 1. The van der Waals surface area contributed by atoms with E-state index in [-0.39, 0.29) is 12.5 Å². The van der Waals surface area contributed by atoms with Crippen molar-refractivity contribution < 1.29 is 19.4 Å². The molecule has 0 aromatic heterocycles. The van der Waals surface area contributed by atoms with E-state index in [1.807, 2.05) is 0 Å². The Kier molecular flexibility index (Phi) is 3.95. The van der Waals surface area contributed by atoms with Gasteiger partial charge in [-0.15, -0.1) is 0 Å². The number of aliphatic hydroxyl groups excluding tert-OH is 1. The van der Waals surface area contributed by atoms with Gasteiger partial charge in [0.1, 0.15) is 0 Å². The molecule has 0 atom stereocenters. The van der Waals surface area contributed by atoms with Gasteiger partial charge in [0.25, 0.3) is 0 Å². The number of carbonyl (C=O) groups excluding carboxylic acids is 1. The second-order valence-corrected chi connectivity index (χ2v) is 4.82. The summed E-state index contributed by atoms with van der Waals surface area (Å²) in [4.78, 5) is 12.2. The van der Waals surface area contributed by atoms with E-state index in [4.69, 9.17) is 9.47 Å². The van der Waals surface area contributed by atoms with Gasteiger partial charge in [0.15, 0.2) is 11.5 Å². The number of ether oxygens (including phenoxy) is 2. The van der Waals surface area contributed by atoms with Crippen LogP contribution in [0.25, 0.3) is 0 Å². The number of hydrogen-bond donors (Lipinski definition) is 2. The number of rotatable bonds is 5. The minimum Gasteiger partial charge on any atom is -0.493 e. The Morgan fingerprint density at radius 2 is 2.00 bits per heavy atom. The van der Waals surface area contributed by atoms with Crippen LogP contribution in [0.2, 0.25) is 0 Å². The van der Waals surface area contributed by atoms with Crippen LogP contribution in [0.4, 0.5) is 5.69 Å². The largest absolute Gasteiger partial charge is 0.493 e. The van der Waals surface area contributed by atoms with Crippen molar-refractivity contribution in [2.24, 2.45) is 5.41 Å². The summed E-state index contributed by atoms with van der Waals surface area (Å²) >= 11 is 0. The molecular weight excluding hydrogens is 246 g/mol. The Labute approximate surface area is 112 Å². The van der Waals surface area contributed by atoms with E-state index < -0.39 is 5.41 Å². The molecular formula is C14H19NO4. The van der Waals surface area contributed by atoms with Crippen molar-refractivity contribution in [1.29, 1.82) is 0 Å². The zero-order valence-corrected chi connectivity index (χ0v) is 11.2. The second kappa shape index (κ2) is 5.48. The van der Waals surface area contributed by atoms with Gasteiger partial charge in [0.2, 0.25) is 5.91 Å². The molecule has 2 rings (SSSR count). The Bertz CT molecular complexity index is 463. The molecule has 1 aromatic carbocycles. The average Bonchev–Trinajstić information content (AvgIpc) is 2.38. The number of amides is 1. The van der Waals surface area contributed by atoms with Crippen molar-refractivity contribution in [2.75, 3.05) is 26.1 Å². The van der Waals surface area contributed by atoms with E-state index in [1.54, 1.807) is 32.4 Å². The van der Waals surface area contributed by atoms with Gasteiger partial charge in [0, 0.05) is 11.8 Å². The SMILES string of the molecule is COc1ccc(NC(=O)C2(CO)CCC2)cc1OC. The van der Waals surface area contributed by atoms with Gasteiger partial charge in [-0.1, -0.05) is 6.42 Å². The molecule has 0 spiro atoms. The summed E-state index contributed by atoms with van der Waals surface area (Å²) in [6.45, 7) is -0.105. The molecule has 1 saturated carbocycles. The van der Waals surface area contributed by atoms with Crippen molar-refractivity contribution in [1.82, 2.24) is 0 Å². The predicted octanol–water partition coefficient (Wildman–Crippen LogP) is 1.80. The average molecular weight is 265 g/mol. The lowest BCUT2D eigenvalue weighted by Crippen LogP contribution is -2.44. The summed E-state index contributed by atoms with van der Waals surface area (Å²) in [5.41, 5.74) is 0.0371. The van der Waals surface area contributed by atoms with E-state index in [2.05, 4.69) is 5.32 Å². The molecule has 1 aliphatic carbocycles. The summed E-state index contributed by atoms with van der Waals surface area (Å²) in [5, 5.41) is 12.2. The van der Waals surface area contributed by atoms with Crippen LogP contribution in [0.15, 0.2) is 18.2 Å². The van der Waals surface area contributed by atoms with Crippen LogP contribution in [0.5, 0.6) is 11.5 Å². The maximum absolute atomic E-state index is 12.2. The normalized spacial score (nSPS) is 16.4. The molecule has 0 unspecified atom stereocenters. The third kappa shape index (κ3) is 2.51. The zero-order valence-electron chi connectivity index (χ0n) is 11.2. The van der Waals surface area contributed by atoms with Crippen molar-refractivity contribution in [3.8, 4) is 11.5 Å². The number of aliphatic hydroxyl groups is 1. The molecule has 0 radical (unpaired) electrons. The Morgan fingerprint density at radius 3 is 2.47 bits per heavy atom. The highest BCUT2D eigenvalue weighted by Gasteiger charge is 2.43. The van der Waals surface area contributed by atoms with E-state index >= 15 is 0 Å². The van der Waals surface area contributed by atoms with Gasteiger partial charge >= 0.3 is 0 Å². The number of methoxy groups -OCH3 is 2. The number of nitrogens with one attached hydrogen (secondary N) is 1. The van der Waals surface area contributed by atoms with Gasteiger partial charge < -0.3 is 19.9 Å². The fourth-order valence-electron chi connectivity index (χ4n) is 2.24. The third-order valence-electron chi connectivity index (χ3n) is 3.74. The molecule has 1 aliphatic rings. The summed E-state index contributed by atoms with van der Waals surface area (Å²) in [6, 6.07) is 5.20. The summed E-state index contributed by atoms with van der Waals surface area (Å²) < 4.78 is 10.3. The molecule has 0 aliphatic heterocycles. The lowest BCUT2D eigenvalue weighted by molar-refractivity contribution is -0.133. The molecule has 1 fully saturated rings. The lowest BCUT2D eigenvalue weighted by Gasteiger charge is -2.38. The second-order valence-electron chi connectivity index (χ2n) is 4.82. The van der Waals surface area contributed by atoms with E-state index in [1.165, 1.54) is 0 Å². The minimum absolute atomic E-state index is 0.105. The first-order valence-corrected chi connectivity index (χ1v) is 6.29. The van der Waals surface area contributed by atoms with Crippen LogP contribution in [-0.2, 0) is 4.79 Å². The zero-order chi connectivity index (χ0) is 13.9. The van der Waals surface area contributed by atoms with Crippen LogP contribution in [0.1, 0.15) is 19.3 Å². The number of anilines is 1. The number of hydrogen-bond acceptors (Lipinski definition) is 4. The molecule has 19 heavy (non-hydrogen) atoms. The first kappa shape index (κ1) is 13.7. The molecule has 104 valence electrons.